The van der Waals surface area contributed by atoms with Gasteiger partial charge in [0.1, 0.15) is 6.33 Å². The van der Waals surface area contributed by atoms with E-state index in [0.717, 1.165) is 5.69 Å². The molecular weight excluding hydrogens is 230 g/mol. The van der Waals surface area contributed by atoms with Gasteiger partial charge in [-0.3, -0.25) is 4.68 Å². The van der Waals surface area contributed by atoms with Crippen LogP contribution < -0.4 is 10.1 Å². The van der Waals surface area contributed by atoms with Crippen molar-refractivity contribution in [3.63, 3.8) is 0 Å². The molecule has 0 aliphatic carbocycles. The minimum absolute atomic E-state index is 0.267. The van der Waals surface area contributed by atoms with Crippen LogP contribution in [0.2, 0.25) is 5.15 Å². The van der Waals surface area contributed by atoms with Crippen LogP contribution in [0.1, 0.15) is 0 Å². The van der Waals surface area contributed by atoms with Gasteiger partial charge in [0, 0.05) is 13.2 Å². The van der Waals surface area contributed by atoms with E-state index in [-0.39, 0.29) is 5.15 Å². The van der Waals surface area contributed by atoms with Crippen LogP contribution in [0.25, 0.3) is 0 Å². The van der Waals surface area contributed by atoms with E-state index in [1.165, 1.54) is 13.4 Å². The molecule has 0 aromatic carbocycles. The molecule has 16 heavy (non-hydrogen) atoms. The zero-order chi connectivity index (χ0) is 11.5. The van der Waals surface area contributed by atoms with E-state index in [1.807, 2.05) is 13.2 Å². The number of hydrogen-bond acceptors (Lipinski definition) is 5. The lowest BCUT2D eigenvalue weighted by Crippen LogP contribution is -1.98. The molecule has 2 aromatic rings. The number of ether oxygens (including phenoxy) is 1. The summed E-state index contributed by atoms with van der Waals surface area (Å²) in [5, 5.41) is 7.34. The van der Waals surface area contributed by atoms with Crippen molar-refractivity contribution in [2.75, 3.05) is 12.4 Å². The first-order valence-corrected chi connectivity index (χ1v) is 4.88. The summed E-state index contributed by atoms with van der Waals surface area (Å²) >= 11 is 5.86. The highest BCUT2D eigenvalue weighted by Crippen LogP contribution is 2.30. The van der Waals surface area contributed by atoms with E-state index in [1.54, 1.807) is 10.9 Å². The summed E-state index contributed by atoms with van der Waals surface area (Å²) in [5.74, 6) is 0.920. The van der Waals surface area contributed by atoms with Crippen molar-refractivity contribution in [3.05, 3.63) is 23.9 Å². The molecule has 2 heterocycles. The van der Waals surface area contributed by atoms with E-state index in [4.69, 9.17) is 16.3 Å². The fourth-order valence-corrected chi connectivity index (χ4v) is 1.45. The van der Waals surface area contributed by atoms with E-state index in [9.17, 15) is 0 Å². The van der Waals surface area contributed by atoms with Crippen molar-refractivity contribution in [2.24, 2.45) is 7.05 Å². The minimum Gasteiger partial charge on any atom is -0.490 e. The number of rotatable bonds is 3. The molecule has 6 nitrogen and oxygen atoms in total. The molecular formula is C9H10ClN5O. The van der Waals surface area contributed by atoms with Crippen LogP contribution in [0.5, 0.6) is 5.75 Å². The molecule has 0 aliphatic rings. The smallest absolute Gasteiger partial charge is 0.199 e. The Kier molecular flexibility index (Phi) is 2.91. The van der Waals surface area contributed by atoms with E-state index >= 15 is 0 Å². The number of nitrogens with one attached hydrogen (secondary N) is 1. The molecule has 0 aliphatic heterocycles. The van der Waals surface area contributed by atoms with Gasteiger partial charge >= 0.3 is 0 Å². The summed E-state index contributed by atoms with van der Waals surface area (Å²) in [6.07, 6.45) is 4.86. The fraction of sp³-hybridized carbons (Fsp3) is 0.222. The first-order valence-electron chi connectivity index (χ1n) is 4.51. The Bertz CT molecular complexity index is 498. The van der Waals surface area contributed by atoms with Gasteiger partial charge in [-0.2, -0.15) is 5.10 Å². The SMILES string of the molecule is COc1c(Cl)ncnc1Nc1cnn(C)c1. The minimum atomic E-state index is 0.267. The molecule has 0 bridgehead atoms. The molecule has 1 N–H and O–H groups in total. The van der Waals surface area contributed by atoms with Gasteiger partial charge in [0.05, 0.1) is 19.0 Å². The lowest BCUT2D eigenvalue weighted by atomic mass is 10.4. The maximum atomic E-state index is 5.86. The molecule has 0 atom stereocenters. The zero-order valence-electron chi connectivity index (χ0n) is 8.81. The fourth-order valence-electron chi connectivity index (χ4n) is 1.24. The molecule has 0 fully saturated rings. The molecule has 0 radical (unpaired) electrons. The maximum Gasteiger partial charge on any atom is 0.199 e. The zero-order valence-corrected chi connectivity index (χ0v) is 9.56. The van der Waals surface area contributed by atoms with Gasteiger partial charge in [0.2, 0.25) is 0 Å². The quantitative estimate of drug-likeness (QED) is 0.825. The summed E-state index contributed by atoms with van der Waals surface area (Å²) in [7, 11) is 3.34. The lowest BCUT2D eigenvalue weighted by Gasteiger charge is -2.08. The number of aromatic nitrogens is 4. The summed E-state index contributed by atoms with van der Waals surface area (Å²) in [4.78, 5) is 7.87. The van der Waals surface area contributed by atoms with E-state index in [2.05, 4.69) is 20.4 Å². The van der Waals surface area contributed by atoms with Crippen LogP contribution in [0.4, 0.5) is 11.5 Å². The van der Waals surface area contributed by atoms with E-state index in [0.29, 0.717) is 11.6 Å². The standard InChI is InChI=1S/C9H10ClN5O/c1-15-4-6(3-13-15)14-9-7(16-2)8(10)11-5-12-9/h3-5H,1-2H3,(H,11,12,14). The summed E-state index contributed by atoms with van der Waals surface area (Å²) in [5.41, 5.74) is 0.801. The van der Waals surface area contributed by atoms with Crippen molar-refractivity contribution in [1.29, 1.82) is 0 Å². The number of hydrogen-bond donors (Lipinski definition) is 1. The average molecular weight is 240 g/mol. The largest absolute Gasteiger partial charge is 0.490 e. The second kappa shape index (κ2) is 4.36. The van der Waals surface area contributed by atoms with Gasteiger partial charge in [0.25, 0.3) is 0 Å². The topological polar surface area (TPSA) is 64.9 Å². The van der Waals surface area contributed by atoms with Crippen LogP contribution in [0, 0.1) is 0 Å². The van der Waals surface area contributed by atoms with Gasteiger partial charge < -0.3 is 10.1 Å². The third kappa shape index (κ3) is 2.06. The molecule has 7 heteroatoms. The third-order valence-corrected chi connectivity index (χ3v) is 2.20. The van der Waals surface area contributed by atoms with Crippen molar-refractivity contribution >= 4 is 23.1 Å². The second-order valence-corrected chi connectivity index (χ2v) is 3.43. The predicted molar refractivity (Wildman–Crippen MR) is 60.1 cm³/mol. The van der Waals surface area contributed by atoms with Gasteiger partial charge in [-0.05, 0) is 0 Å². The summed E-state index contributed by atoms with van der Waals surface area (Å²) < 4.78 is 6.79. The van der Waals surface area contributed by atoms with Crippen molar-refractivity contribution in [2.45, 2.75) is 0 Å². The lowest BCUT2D eigenvalue weighted by molar-refractivity contribution is 0.413. The normalized spacial score (nSPS) is 10.2. The van der Waals surface area contributed by atoms with Crippen molar-refractivity contribution in [1.82, 2.24) is 19.7 Å². The molecule has 0 saturated carbocycles. The summed E-state index contributed by atoms with van der Waals surface area (Å²) in [6.45, 7) is 0. The van der Waals surface area contributed by atoms with Crippen LogP contribution >= 0.6 is 11.6 Å². The van der Waals surface area contributed by atoms with Gasteiger partial charge in [0.15, 0.2) is 16.7 Å². The molecule has 0 saturated heterocycles. The Morgan fingerprint density at radius 1 is 1.44 bits per heavy atom. The highest BCUT2D eigenvalue weighted by molar-refractivity contribution is 6.31. The molecule has 0 unspecified atom stereocenters. The first-order chi connectivity index (χ1) is 7.70. The monoisotopic (exact) mass is 239 g/mol. The average Bonchev–Trinajstić information content (AvgIpc) is 2.64. The van der Waals surface area contributed by atoms with Crippen LogP contribution in [0.3, 0.4) is 0 Å². The van der Waals surface area contributed by atoms with Gasteiger partial charge in [-0.15, -0.1) is 0 Å². The molecule has 2 rings (SSSR count). The molecule has 2 aromatic heterocycles. The predicted octanol–water partition coefficient (Wildman–Crippen LogP) is 1.62. The van der Waals surface area contributed by atoms with Crippen molar-refractivity contribution in [3.8, 4) is 5.75 Å². The highest BCUT2D eigenvalue weighted by Gasteiger charge is 2.10. The molecule has 0 amide bonds. The number of methoxy groups -OCH3 is 1. The number of aryl methyl sites for hydroxylation is 1. The third-order valence-electron chi connectivity index (χ3n) is 1.93. The highest BCUT2D eigenvalue weighted by atomic mass is 35.5. The molecule has 84 valence electrons. The van der Waals surface area contributed by atoms with Crippen LogP contribution in [0.15, 0.2) is 18.7 Å². The van der Waals surface area contributed by atoms with E-state index < -0.39 is 0 Å². The number of anilines is 2. The number of halogens is 1. The number of nitrogens with zero attached hydrogens (tertiary/aromatic N) is 4. The second-order valence-electron chi connectivity index (χ2n) is 3.07. The molecule has 0 spiro atoms. The Morgan fingerprint density at radius 3 is 2.88 bits per heavy atom. The Labute approximate surface area is 97.2 Å². The van der Waals surface area contributed by atoms with Gasteiger partial charge in [-0.25, -0.2) is 9.97 Å². The summed E-state index contributed by atoms with van der Waals surface area (Å²) in [6, 6.07) is 0. The van der Waals surface area contributed by atoms with Crippen LogP contribution in [-0.2, 0) is 7.05 Å². The Morgan fingerprint density at radius 2 is 2.25 bits per heavy atom. The Hall–Kier alpha value is -1.82. The maximum absolute atomic E-state index is 5.86. The van der Waals surface area contributed by atoms with Crippen LogP contribution in [-0.4, -0.2) is 26.9 Å². The first kappa shape index (κ1) is 10.7. The Balaban J connectivity index is 2.30. The van der Waals surface area contributed by atoms with Crippen molar-refractivity contribution < 1.29 is 4.74 Å². The van der Waals surface area contributed by atoms with Gasteiger partial charge in [-0.1, -0.05) is 11.6 Å².